The molecule has 0 saturated carbocycles. The summed E-state index contributed by atoms with van der Waals surface area (Å²) in [4.78, 5) is 4.82. The van der Waals surface area contributed by atoms with Crippen LogP contribution in [0.15, 0.2) is 48.5 Å². The fourth-order valence-electron chi connectivity index (χ4n) is 3.94. The second-order valence-corrected chi connectivity index (χ2v) is 7.86. The number of tetrazole rings is 1. The topological polar surface area (TPSA) is 68.5 Å². The molecule has 2 heterocycles. The zero-order valence-electron chi connectivity index (χ0n) is 17.8. The van der Waals surface area contributed by atoms with Crippen LogP contribution in [-0.4, -0.2) is 72.1 Å². The molecule has 4 rings (SSSR count). The number of benzene rings is 2. The fourth-order valence-corrected chi connectivity index (χ4v) is 4.07. The van der Waals surface area contributed by atoms with E-state index in [1.165, 1.54) is 5.69 Å². The summed E-state index contributed by atoms with van der Waals surface area (Å²) in [6, 6.07) is 16.1. The van der Waals surface area contributed by atoms with Crippen molar-refractivity contribution in [2.24, 2.45) is 0 Å². The largest absolute Gasteiger partial charge is 0.497 e. The van der Waals surface area contributed by atoms with Crippen molar-refractivity contribution in [1.82, 2.24) is 25.1 Å². The van der Waals surface area contributed by atoms with E-state index < -0.39 is 0 Å². The van der Waals surface area contributed by atoms with Gasteiger partial charge in [0.2, 0.25) is 0 Å². The van der Waals surface area contributed by atoms with Gasteiger partial charge in [-0.15, -0.1) is 5.10 Å². The van der Waals surface area contributed by atoms with Crippen molar-refractivity contribution in [2.45, 2.75) is 12.6 Å². The van der Waals surface area contributed by atoms with Gasteiger partial charge in [-0.25, -0.2) is 4.68 Å². The Morgan fingerprint density at radius 3 is 2.32 bits per heavy atom. The average molecular weight is 443 g/mol. The lowest BCUT2D eigenvalue weighted by Crippen LogP contribution is -2.48. The Kier molecular flexibility index (Phi) is 7.01. The lowest BCUT2D eigenvalue weighted by atomic mass is 10.0. The van der Waals surface area contributed by atoms with E-state index in [4.69, 9.17) is 21.1 Å². The van der Waals surface area contributed by atoms with Crippen molar-refractivity contribution in [3.05, 3.63) is 64.9 Å². The molecular weight excluding hydrogens is 416 g/mol. The van der Waals surface area contributed by atoms with Gasteiger partial charge in [-0.3, -0.25) is 4.90 Å². The van der Waals surface area contributed by atoms with Crippen molar-refractivity contribution in [1.29, 1.82) is 0 Å². The molecule has 8 nitrogen and oxygen atoms in total. The van der Waals surface area contributed by atoms with Gasteiger partial charge in [0.15, 0.2) is 5.82 Å². The number of ether oxygens (including phenoxy) is 2. The zero-order valence-corrected chi connectivity index (χ0v) is 18.6. The van der Waals surface area contributed by atoms with Crippen molar-refractivity contribution in [3.8, 4) is 5.75 Å². The van der Waals surface area contributed by atoms with E-state index in [1.54, 1.807) is 14.2 Å². The minimum atomic E-state index is -0.0536. The lowest BCUT2D eigenvalue weighted by molar-refractivity contribution is 0.172. The molecule has 0 spiro atoms. The highest BCUT2D eigenvalue weighted by Crippen LogP contribution is 2.30. The molecule has 1 atom stereocenters. The summed E-state index contributed by atoms with van der Waals surface area (Å²) in [5.41, 5.74) is 2.32. The normalized spacial score (nSPS) is 15.8. The fraction of sp³-hybridized carbons (Fsp3) is 0.409. The Morgan fingerprint density at radius 1 is 0.968 bits per heavy atom. The quantitative estimate of drug-likeness (QED) is 0.531. The van der Waals surface area contributed by atoms with Crippen LogP contribution in [0.2, 0.25) is 5.02 Å². The SMILES string of the molecule is COCCn1nnnc1[C@@H](c1ccc(Cl)cc1)N1CCN(c2ccc(OC)cc2)CC1. The van der Waals surface area contributed by atoms with Crippen LogP contribution in [0.3, 0.4) is 0 Å². The molecule has 0 radical (unpaired) electrons. The Hall–Kier alpha value is -2.68. The van der Waals surface area contributed by atoms with Crippen LogP contribution in [0.25, 0.3) is 0 Å². The maximum Gasteiger partial charge on any atom is 0.173 e. The molecule has 1 aromatic heterocycles. The van der Waals surface area contributed by atoms with E-state index in [0.717, 1.165) is 43.3 Å². The molecule has 0 N–H and O–H groups in total. The van der Waals surface area contributed by atoms with Crippen molar-refractivity contribution in [3.63, 3.8) is 0 Å². The third-order valence-electron chi connectivity index (χ3n) is 5.61. The number of anilines is 1. The molecule has 1 saturated heterocycles. The average Bonchev–Trinajstić information content (AvgIpc) is 3.27. The third-order valence-corrected chi connectivity index (χ3v) is 5.87. The van der Waals surface area contributed by atoms with Crippen LogP contribution in [0, 0.1) is 0 Å². The number of halogens is 1. The molecule has 0 unspecified atom stereocenters. The number of methoxy groups -OCH3 is 2. The lowest BCUT2D eigenvalue weighted by Gasteiger charge is -2.40. The van der Waals surface area contributed by atoms with Crippen LogP contribution in [0.1, 0.15) is 17.4 Å². The van der Waals surface area contributed by atoms with E-state index >= 15 is 0 Å². The van der Waals surface area contributed by atoms with E-state index in [2.05, 4.69) is 49.6 Å². The first-order valence-electron chi connectivity index (χ1n) is 10.3. The maximum atomic E-state index is 6.14. The molecular formula is C22H27ClN6O2. The smallest absolute Gasteiger partial charge is 0.173 e. The van der Waals surface area contributed by atoms with Crippen LogP contribution in [-0.2, 0) is 11.3 Å². The van der Waals surface area contributed by atoms with Gasteiger partial charge < -0.3 is 14.4 Å². The number of hydrogen-bond acceptors (Lipinski definition) is 7. The minimum Gasteiger partial charge on any atom is -0.497 e. The second-order valence-electron chi connectivity index (χ2n) is 7.43. The van der Waals surface area contributed by atoms with Crippen LogP contribution >= 0.6 is 11.6 Å². The van der Waals surface area contributed by atoms with E-state index in [1.807, 2.05) is 28.9 Å². The Balaban J connectivity index is 1.55. The summed E-state index contributed by atoms with van der Waals surface area (Å²) >= 11 is 6.14. The molecule has 0 bridgehead atoms. The molecule has 0 amide bonds. The molecule has 2 aromatic carbocycles. The Morgan fingerprint density at radius 2 is 1.68 bits per heavy atom. The van der Waals surface area contributed by atoms with Gasteiger partial charge in [0.1, 0.15) is 5.75 Å². The summed E-state index contributed by atoms with van der Waals surface area (Å²) in [6.07, 6.45) is 0. The van der Waals surface area contributed by atoms with Gasteiger partial charge in [0.25, 0.3) is 0 Å². The van der Waals surface area contributed by atoms with Gasteiger partial charge in [-0.1, -0.05) is 23.7 Å². The number of hydrogen-bond donors (Lipinski definition) is 0. The van der Waals surface area contributed by atoms with Gasteiger partial charge in [-0.05, 0) is 52.4 Å². The first kappa shape index (κ1) is 21.5. The van der Waals surface area contributed by atoms with Crippen molar-refractivity contribution < 1.29 is 9.47 Å². The second kappa shape index (κ2) is 10.1. The first-order chi connectivity index (χ1) is 15.2. The van der Waals surface area contributed by atoms with Gasteiger partial charge in [-0.2, -0.15) is 0 Å². The standard InChI is InChI=1S/C22H27ClN6O2/c1-30-16-15-29-22(24-25-26-29)21(17-3-5-18(23)6-4-17)28-13-11-27(12-14-28)19-7-9-20(31-2)10-8-19/h3-10,21H,11-16H2,1-2H3/t21-/m1/s1. The van der Waals surface area contributed by atoms with E-state index in [9.17, 15) is 0 Å². The summed E-state index contributed by atoms with van der Waals surface area (Å²) in [7, 11) is 3.37. The minimum absolute atomic E-state index is 0.0536. The van der Waals surface area contributed by atoms with Gasteiger partial charge in [0, 0.05) is 44.0 Å². The number of piperazine rings is 1. The number of rotatable bonds is 8. The van der Waals surface area contributed by atoms with Gasteiger partial charge in [0.05, 0.1) is 26.3 Å². The van der Waals surface area contributed by atoms with Crippen LogP contribution in [0.4, 0.5) is 5.69 Å². The first-order valence-corrected chi connectivity index (χ1v) is 10.7. The highest BCUT2D eigenvalue weighted by Gasteiger charge is 2.30. The third kappa shape index (κ3) is 4.98. The molecule has 1 fully saturated rings. The van der Waals surface area contributed by atoms with Gasteiger partial charge >= 0.3 is 0 Å². The zero-order chi connectivity index (χ0) is 21.6. The molecule has 9 heteroatoms. The summed E-state index contributed by atoms with van der Waals surface area (Å²) in [5, 5.41) is 13.2. The molecule has 1 aliphatic heterocycles. The van der Waals surface area contributed by atoms with Crippen molar-refractivity contribution in [2.75, 3.05) is 51.9 Å². The predicted octanol–water partition coefficient (Wildman–Crippen LogP) is 2.89. The predicted molar refractivity (Wildman–Crippen MR) is 120 cm³/mol. The van der Waals surface area contributed by atoms with Crippen LogP contribution < -0.4 is 9.64 Å². The number of nitrogens with zero attached hydrogens (tertiary/aromatic N) is 6. The highest BCUT2D eigenvalue weighted by molar-refractivity contribution is 6.30. The van der Waals surface area contributed by atoms with Crippen molar-refractivity contribution >= 4 is 17.3 Å². The number of aromatic nitrogens is 4. The molecule has 164 valence electrons. The molecule has 1 aliphatic rings. The van der Waals surface area contributed by atoms with E-state index in [0.29, 0.717) is 18.2 Å². The monoisotopic (exact) mass is 442 g/mol. The molecule has 31 heavy (non-hydrogen) atoms. The summed E-state index contributed by atoms with van der Waals surface area (Å²) in [6.45, 7) is 4.75. The summed E-state index contributed by atoms with van der Waals surface area (Å²) in [5.74, 6) is 1.69. The maximum absolute atomic E-state index is 6.14. The highest BCUT2D eigenvalue weighted by atomic mass is 35.5. The summed E-state index contributed by atoms with van der Waals surface area (Å²) < 4.78 is 12.3. The Labute approximate surface area is 187 Å². The Bertz CT molecular complexity index is 955. The molecule has 3 aromatic rings. The van der Waals surface area contributed by atoms with Crippen LogP contribution in [0.5, 0.6) is 5.75 Å². The molecule has 0 aliphatic carbocycles. The van der Waals surface area contributed by atoms with E-state index in [-0.39, 0.29) is 6.04 Å².